The Kier molecular flexibility index (Phi) is 5.55. The molecule has 1 heterocycles. The summed E-state index contributed by atoms with van der Waals surface area (Å²) in [6.07, 6.45) is 0.260. The predicted octanol–water partition coefficient (Wildman–Crippen LogP) is 2.01. The molecule has 1 atom stereocenters. The number of carbonyl (C=O) groups is 3. The van der Waals surface area contributed by atoms with Gasteiger partial charge in [0.2, 0.25) is 5.91 Å². The van der Waals surface area contributed by atoms with E-state index in [4.69, 9.17) is 0 Å². The monoisotopic (exact) mass is 352 g/mol. The fraction of sp³-hybridized carbons (Fsp3) is 0.400. The number of esters is 1. The van der Waals surface area contributed by atoms with Crippen molar-refractivity contribution in [3.63, 3.8) is 0 Å². The largest absolute Gasteiger partial charge is 0.465 e. The standard InChI is InChI=1S/C15H16N2O6S/c1-9(18)24-8-10-3-14(19)16(7-10)12-4-11(15(20)23-2)5-13(6-12)17(21)22/h4-6,10H,3,7-8H2,1-2H3. The van der Waals surface area contributed by atoms with Gasteiger partial charge in [0, 0.05) is 37.8 Å². The number of rotatable bonds is 5. The molecule has 0 aliphatic carbocycles. The van der Waals surface area contributed by atoms with Crippen LogP contribution >= 0.6 is 11.8 Å². The van der Waals surface area contributed by atoms with E-state index in [0.717, 1.165) is 17.8 Å². The van der Waals surface area contributed by atoms with E-state index >= 15 is 0 Å². The number of nitro groups is 1. The predicted molar refractivity (Wildman–Crippen MR) is 88.0 cm³/mol. The van der Waals surface area contributed by atoms with Gasteiger partial charge in [-0.2, -0.15) is 0 Å². The van der Waals surface area contributed by atoms with Crippen molar-refractivity contribution in [1.29, 1.82) is 0 Å². The van der Waals surface area contributed by atoms with Crippen LogP contribution in [0.5, 0.6) is 0 Å². The maximum Gasteiger partial charge on any atom is 0.338 e. The highest BCUT2D eigenvalue weighted by Crippen LogP contribution is 2.31. The van der Waals surface area contributed by atoms with Gasteiger partial charge in [-0.15, -0.1) is 0 Å². The minimum atomic E-state index is -0.713. The van der Waals surface area contributed by atoms with Crippen molar-refractivity contribution in [3.05, 3.63) is 33.9 Å². The number of anilines is 1. The molecule has 1 saturated heterocycles. The van der Waals surface area contributed by atoms with Crippen LogP contribution in [-0.4, -0.2) is 41.3 Å². The van der Waals surface area contributed by atoms with Crippen LogP contribution in [0.2, 0.25) is 0 Å². The number of benzene rings is 1. The summed E-state index contributed by atoms with van der Waals surface area (Å²) in [5.74, 6) is -0.418. The van der Waals surface area contributed by atoms with E-state index in [2.05, 4.69) is 4.74 Å². The molecule has 9 heteroatoms. The Hall–Kier alpha value is -2.42. The van der Waals surface area contributed by atoms with Gasteiger partial charge in [0.1, 0.15) is 0 Å². The Morgan fingerprint density at radius 3 is 2.71 bits per heavy atom. The first-order chi connectivity index (χ1) is 11.3. The number of methoxy groups -OCH3 is 1. The first-order valence-corrected chi connectivity index (χ1v) is 8.12. The zero-order valence-electron chi connectivity index (χ0n) is 13.2. The van der Waals surface area contributed by atoms with Crippen molar-refractivity contribution in [1.82, 2.24) is 0 Å². The Bertz CT molecular complexity index is 705. The average molecular weight is 352 g/mol. The molecular weight excluding hydrogens is 336 g/mol. The van der Waals surface area contributed by atoms with Gasteiger partial charge in [0.25, 0.3) is 5.69 Å². The minimum absolute atomic E-state index is 0.0102. The van der Waals surface area contributed by atoms with E-state index in [1.165, 1.54) is 31.1 Å². The van der Waals surface area contributed by atoms with Gasteiger partial charge in [-0.05, 0) is 12.0 Å². The number of nitrogens with zero attached hydrogens (tertiary/aromatic N) is 2. The molecule has 128 valence electrons. The van der Waals surface area contributed by atoms with Crippen molar-refractivity contribution < 1.29 is 24.0 Å². The van der Waals surface area contributed by atoms with Gasteiger partial charge in [-0.1, -0.05) is 11.8 Å². The van der Waals surface area contributed by atoms with Gasteiger partial charge >= 0.3 is 5.97 Å². The third kappa shape index (κ3) is 4.10. The van der Waals surface area contributed by atoms with Crippen LogP contribution in [0.25, 0.3) is 0 Å². The zero-order chi connectivity index (χ0) is 17.9. The molecular formula is C15H16N2O6S. The molecule has 1 aromatic rings. The summed E-state index contributed by atoms with van der Waals surface area (Å²) in [5.41, 5.74) is 0.00301. The highest BCUT2D eigenvalue weighted by molar-refractivity contribution is 8.13. The van der Waals surface area contributed by atoms with Crippen molar-refractivity contribution in [3.8, 4) is 0 Å². The molecule has 0 bridgehead atoms. The molecule has 8 nitrogen and oxygen atoms in total. The normalized spacial score (nSPS) is 17.0. The summed E-state index contributed by atoms with van der Waals surface area (Å²) in [7, 11) is 1.18. The van der Waals surface area contributed by atoms with Gasteiger partial charge in [0.15, 0.2) is 5.12 Å². The van der Waals surface area contributed by atoms with Crippen LogP contribution in [0.4, 0.5) is 11.4 Å². The van der Waals surface area contributed by atoms with Crippen molar-refractivity contribution >= 4 is 40.1 Å². The summed E-state index contributed by atoms with van der Waals surface area (Å²) in [6.45, 7) is 1.81. The lowest BCUT2D eigenvalue weighted by atomic mass is 10.1. The highest BCUT2D eigenvalue weighted by atomic mass is 32.2. The lowest BCUT2D eigenvalue weighted by molar-refractivity contribution is -0.384. The fourth-order valence-electron chi connectivity index (χ4n) is 2.47. The molecule has 0 aromatic heterocycles. The summed E-state index contributed by atoms with van der Waals surface area (Å²) in [6, 6.07) is 3.76. The number of nitro benzene ring substituents is 1. The first kappa shape index (κ1) is 17.9. The second kappa shape index (κ2) is 7.43. The van der Waals surface area contributed by atoms with Crippen LogP contribution in [0.15, 0.2) is 18.2 Å². The lowest BCUT2D eigenvalue weighted by Gasteiger charge is -2.17. The van der Waals surface area contributed by atoms with Gasteiger partial charge in [-0.25, -0.2) is 4.79 Å². The molecule has 1 amide bonds. The lowest BCUT2D eigenvalue weighted by Crippen LogP contribution is -2.25. The molecule has 1 aliphatic rings. The molecule has 2 rings (SSSR count). The van der Waals surface area contributed by atoms with E-state index in [1.54, 1.807) is 0 Å². The first-order valence-electron chi connectivity index (χ1n) is 7.13. The number of thioether (sulfide) groups is 1. The molecule has 0 saturated carbocycles. The number of amides is 1. The summed E-state index contributed by atoms with van der Waals surface area (Å²) >= 11 is 1.15. The molecule has 1 aromatic carbocycles. The van der Waals surface area contributed by atoms with Crippen LogP contribution in [-0.2, 0) is 14.3 Å². The van der Waals surface area contributed by atoms with Crippen LogP contribution < -0.4 is 4.90 Å². The van der Waals surface area contributed by atoms with Crippen molar-refractivity contribution in [2.45, 2.75) is 13.3 Å². The number of ether oxygens (including phenoxy) is 1. The van der Waals surface area contributed by atoms with Crippen LogP contribution in [0.1, 0.15) is 23.7 Å². The van der Waals surface area contributed by atoms with Crippen molar-refractivity contribution in [2.24, 2.45) is 5.92 Å². The third-order valence-electron chi connectivity index (χ3n) is 3.57. The average Bonchev–Trinajstić information content (AvgIpc) is 2.92. The number of carbonyl (C=O) groups excluding carboxylic acids is 3. The third-order valence-corrected chi connectivity index (χ3v) is 4.62. The van der Waals surface area contributed by atoms with Crippen LogP contribution in [0.3, 0.4) is 0 Å². The van der Waals surface area contributed by atoms with E-state index in [1.807, 2.05) is 0 Å². The number of non-ortho nitro benzene ring substituents is 1. The van der Waals surface area contributed by atoms with Gasteiger partial charge < -0.3 is 9.64 Å². The second-order valence-corrected chi connectivity index (χ2v) is 6.56. The quantitative estimate of drug-likeness (QED) is 0.453. The van der Waals surface area contributed by atoms with E-state index < -0.39 is 10.9 Å². The smallest absolute Gasteiger partial charge is 0.338 e. The van der Waals surface area contributed by atoms with Gasteiger partial charge in [0.05, 0.1) is 23.3 Å². The highest BCUT2D eigenvalue weighted by Gasteiger charge is 2.32. The molecule has 1 aliphatic heterocycles. The SMILES string of the molecule is COC(=O)c1cc(N2CC(CSC(C)=O)CC2=O)cc([N+](=O)[O-])c1. The summed E-state index contributed by atoms with van der Waals surface area (Å²) < 4.78 is 4.60. The summed E-state index contributed by atoms with van der Waals surface area (Å²) in [5, 5.41) is 11.0. The Morgan fingerprint density at radius 1 is 1.42 bits per heavy atom. The van der Waals surface area contributed by atoms with Crippen LogP contribution in [0, 0.1) is 16.0 Å². The Morgan fingerprint density at radius 2 is 2.12 bits per heavy atom. The van der Waals surface area contributed by atoms with Crippen molar-refractivity contribution in [2.75, 3.05) is 24.3 Å². The molecule has 24 heavy (non-hydrogen) atoms. The minimum Gasteiger partial charge on any atom is -0.465 e. The number of hydrogen-bond donors (Lipinski definition) is 0. The molecule has 0 radical (unpaired) electrons. The molecule has 0 N–H and O–H groups in total. The molecule has 0 spiro atoms. The maximum absolute atomic E-state index is 12.2. The fourth-order valence-corrected chi connectivity index (χ4v) is 3.16. The van der Waals surface area contributed by atoms with E-state index in [-0.39, 0.29) is 40.3 Å². The maximum atomic E-state index is 12.2. The molecule has 1 fully saturated rings. The second-order valence-electron chi connectivity index (χ2n) is 5.36. The van der Waals surface area contributed by atoms with E-state index in [0.29, 0.717) is 12.3 Å². The van der Waals surface area contributed by atoms with Gasteiger partial charge in [-0.3, -0.25) is 19.7 Å². The summed E-state index contributed by atoms with van der Waals surface area (Å²) in [4.78, 5) is 46.8. The molecule has 1 unspecified atom stereocenters. The zero-order valence-corrected chi connectivity index (χ0v) is 14.0. The topological polar surface area (TPSA) is 107 Å². The Balaban J connectivity index is 2.28. The number of hydrogen-bond acceptors (Lipinski definition) is 7. The van der Waals surface area contributed by atoms with E-state index in [9.17, 15) is 24.5 Å². The Labute approximate surface area is 142 Å².